The van der Waals surface area contributed by atoms with Crippen LogP contribution in [0.3, 0.4) is 0 Å². The maximum Gasteiger partial charge on any atom is 0.449 e. The molecule has 0 aliphatic rings. The molecule has 0 unspecified atom stereocenters. The van der Waals surface area contributed by atoms with E-state index in [4.69, 9.17) is 4.52 Å². The predicted molar refractivity (Wildman–Crippen MR) is 101 cm³/mol. The molecule has 0 atom stereocenters. The standard InChI is InChI=1S/C17H14N4O4S2/c1-10-3-6-12(7-4-10)21-15(16(22)25-20-21)27(23,24)19-17-18-13-8-5-11(2)9-14(13)26-17/h3-9H,1-2H3,(H-,18,19,20,22)/p+1. The van der Waals surface area contributed by atoms with E-state index < -0.39 is 20.7 Å². The summed E-state index contributed by atoms with van der Waals surface area (Å²) in [6, 6.07) is 12.6. The van der Waals surface area contributed by atoms with Gasteiger partial charge < -0.3 is 0 Å². The van der Waals surface area contributed by atoms with E-state index in [1.807, 2.05) is 32.0 Å². The van der Waals surface area contributed by atoms with Crippen molar-refractivity contribution in [2.45, 2.75) is 18.9 Å². The predicted octanol–water partition coefficient (Wildman–Crippen LogP) is 2.27. The number of aryl methyl sites for hydroxylation is 2. The molecule has 0 bridgehead atoms. The Balaban J connectivity index is 1.76. The molecule has 0 amide bonds. The molecule has 0 fully saturated rings. The van der Waals surface area contributed by atoms with Gasteiger partial charge in [0.15, 0.2) is 5.13 Å². The monoisotopic (exact) mass is 403 g/mol. The maximum absolute atomic E-state index is 12.8. The van der Waals surface area contributed by atoms with E-state index in [9.17, 15) is 13.2 Å². The van der Waals surface area contributed by atoms with Crippen LogP contribution in [0.2, 0.25) is 0 Å². The lowest BCUT2D eigenvalue weighted by atomic mass is 10.2. The third-order valence-electron chi connectivity index (χ3n) is 3.92. The largest absolute Gasteiger partial charge is 0.449 e. The van der Waals surface area contributed by atoms with Crippen molar-refractivity contribution in [1.82, 2.24) is 10.3 Å². The van der Waals surface area contributed by atoms with Crippen LogP contribution in [0.25, 0.3) is 15.9 Å². The summed E-state index contributed by atoms with van der Waals surface area (Å²) in [5.74, 6) is 0. The third kappa shape index (κ3) is 3.24. The smallest absolute Gasteiger partial charge is 0.281 e. The fraction of sp³-hybridized carbons (Fsp3) is 0.118. The first-order valence-electron chi connectivity index (χ1n) is 7.94. The SMILES string of the molecule is Cc1ccc(-[n+]2[nH]oc(=O)c2S(=O)(=O)Nc2nc3ccc(C)cc3s2)cc1. The molecule has 0 saturated heterocycles. The third-order valence-corrected chi connectivity index (χ3v) is 6.30. The molecule has 2 aromatic carbocycles. The Morgan fingerprint density at radius 3 is 2.56 bits per heavy atom. The lowest BCUT2D eigenvalue weighted by molar-refractivity contribution is -0.705. The van der Waals surface area contributed by atoms with Gasteiger partial charge in [-0.2, -0.15) is 8.42 Å². The molecule has 8 nitrogen and oxygen atoms in total. The molecule has 10 heteroatoms. The Morgan fingerprint density at radius 2 is 1.81 bits per heavy atom. The van der Waals surface area contributed by atoms with Gasteiger partial charge in [-0.1, -0.05) is 35.1 Å². The molecule has 0 saturated carbocycles. The van der Waals surface area contributed by atoms with E-state index in [-0.39, 0.29) is 5.13 Å². The number of anilines is 1. The van der Waals surface area contributed by atoms with Crippen molar-refractivity contribution in [1.29, 1.82) is 0 Å². The first-order valence-corrected chi connectivity index (χ1v) is 10.2. The van der Waals surface area contributed by atoms with Crippen LogP contribution in [0.5, 0.6) is 0 Å². The molecular weight excluding hydrogens is 388 g/mol. The second kappa shape index (κ2) is 6.32. The highest BCUT2D eigenvalue weighted by molar-refractivity contribution is 7.92. The van der Waals surface area contributed by atoms with Gasteiger partial charge >= 0.3 is 20.7 Å². The van der Waals surface area contributed by atoms with Gasteiger partial charge in [-0.05, 0) is 41.5 Å². The molecule has 2 aromatic heterocycles. The number of hydrogen-bond acceptors (Lipinski definition) is 6. The number of hydrogen-bond donors (Lipinski definition) is 2. The average molecular weight is 403 g/mol. The van der Waals surface area contributed by atoms with Gasteiger partial charge in [0.2, 0.25) is 5.69 Å². The van der Waals surface area contributed by atoms with E-state index in [1.54, 1.807) is 24.3 Å². The Bertz CT molecular complexity index is 1300. The highest BCUT2D eigenvalue weighted by Crippen LogP contribution is 2.27. The fourth-order valence-corrected chi connectivity index (χ4v) is 4.92. The summed E-state index contributed by atoms with van der Waals surface area (Å²) in [5.41, 5.74) is 2.17. The summed E-state index contributed by atoms with van der Waals surface area (Å²) in [7, 11) is -4.22. The minimum atomic E-state index is -4.22. The van der Waals surface area contributed by atoms with E-state index in [1.165, 1.54) is 11.3 Å². The zero-order chi connectivity index (χ0) is 19.2. The number of nitrogens with zero attached hydrogens (tertiary/aromatic N) is 2. The van der Waals surface area contributed by atoms with Crippen molar-refractivity contribution in [2.24, 2.45) is 0 Å². The maximum atomic E-state index is 12.8. The summed E-state index contributed by atoms with van der Waals surface area (Å²) >= 11 is 1.19. The molecule has 0 radical (unpaired) electrons. The number of aromatic nitrogens is 3. The van der Waals surface area contributed by atoms with Crippen molar-refractivity contribution < 1.29 is 17.6 Å². The quantitative estimate of drug-likeness (QED) is 0.508. The second-order valence-electron chi connectivity index (χ2n) is 6.05. The van der Waals surface area contributed by atoms with Crippen molar-refractivity contribution in [2.75, 3.05) is 4.72 Å². The molecule has 0 aliphatic heterocycles. The van der Waals surface area contributed by atoms with Gasteiger partial charge in [0, 0.05) is 12.1 Å². The van der Waals surface area contributed by atoms with E-state index in [2.05, 4.69) is 15.0 Å². The van der Waals surface area contributed by atoms with Crippen LogP contribution >= 0.6 is 11.3 Å². The number of benzene rings is 2. The Labute approximate surface area is 158 Å². The highest BCUT2D eigenvalue weighted by atomic mass is 32.2. The van der Waals surface area contributed by atoms with Crippen molar-refractivity contribution in [3.63, 3.8) is 0 Å². The number of nitrogens with one attached hydrogen (secondary N) is 2. The Hall–Kier alpha value is -2.98. The van der Waals surface area contributed by atoms with Crippen LogP contribution in [-0.2, 0) is 10.0 Å². The first-order chi connectivity index (χ1) is 12.8. The van der Waals surface area contributed by atoms with Gasteiger partial charge in [-0.15, -0.1) is 0 Å². The summed E-state index contributed by atoms with van der Waals surface area (Å²) in [4.78, 5) is 16.3. The van der Waals surface area contributed by atoms with Gasteiger partial charge in [0.25, 0.3) is 0 Å². The molecule has 2 N–H and O–H groups in total. The minimum absolute atomic E-state index is 0.173. The minimum Gasteiger partial charge on any atom is -0.281 e. The summed E-state index contributed by atoms with van der Waals surface area (Å²) in [6.45, 7) is 3.85. The zero-order valence-corrected chi connectivity index (χ0v) is 16.0. The lowest BCUT2D eigenvalue weighted by Gasteiger charge is -1.99. The van der Waals surface area contributed by atoms with Crippen molar-refractivity contribution in [3.8, 4) is 5.69 Å². The highest BCUT2D eigenvalue weighted by Gasteiger charge is 2.37. The van der Waals surface area contributed by atoms with Crippen LogP contribution in [0.1, 0.15) is 11.1 Å². The molecular formula is C17H15N4O4S2+. The topological polar surface area (TPSA) is 109 Å². The fourth-order valence-electron chi connectivity index (χ4n) is 2.60. The Morgan fingerprint density at radius 1 is 1.11 bits per heavy atom. The summed E-state index contributed by atoms with van der Waals surface area (Å²) in [5, 5.41) is 1.95. The van der Waals surface area contributed by atoms with Gasteiger partial charge in [0.1, 0.15) is 0 Å². The van der Waals surface area contributed by atoms with Crippen molar-refractivity contribution >= 4 is 36.7 Å². The molecule has 138 valence electrons. The number of rotatable bonds is 4. The van der Waals surface area contributed by atoms with Crippen LogP contribution < -0.4 is 15.0 Å². The number of fused-ring (bicyclic) bond motifs is 1. The molecule has 4 aromatic rings. The van der Waals surface area contributed by atoms with E-state index >= 15 is 0 Å². The number of aromatic amines is 1. The number of H-pyrrole nitrogens is 1. The zero-order valence-electron chi connectivity index (χ0n) is 14.4. The Kier molecular flexibility index (Phi) is 4.08. The lowest BCUT2D eigenvalue weighted by Crippen LogP contribution is -2.42. The molecule has 0 spiro atoms. The van der Waals surface area contributed by atoms with Crippen LogP contribution in [-0.4, -0.2) is 18.7 Å². The van der Waals surface area contributed by atoms with Crippen molar-refractivity contribution in [3.05, 3.63) is 64.0 Å². The van der Waals surface area contributed by atoms with Gasteiger partial charge in [-0.3, -0.25) is 4.52 Å². The summed E-state index contributed by atoms with van der Waals surface area (Å²) in [6.07, 6.45) is 0. The van der Waals surface area contributed by atoms with E-state index in [0.717, 1.165) is 20.5 Å². The molecule has 2 heterocycles. The van der Waals surface area contributed by atoms with E-state index in [0.29, 0.717) is 11.2 Å². The number of sulfonamides is 1. The molecule has 0 aliphatic carbocycles. The molecule has 27 heavy (non-hydrogen) atoms. The number of thiazole rings is 1. The molecule has 4 rings (SSSR count). The second-order valence-corrected chi connectivity index (χ2v) is 8.68. The van der Waals surface area contributed by atoms with Gasteiger partial charge in [-0.25, -0.2) is 14.5 Å². The van der Waals surface area contributed by atoms with Crippen LogP contribution in [0.15, 0.2) is 56.8 Å². The van der Waals surface area contributed by atoms with Crippen LogP contribution in [0.4, 0.5) is 5.13 Å². The van der Waals surface area contributed by atoms with Gasteiger partial charge in [0.05, 0.1) is 10.2 Å². The summed E-state index contributed by atoms with van der Waals surface area (Å²) < 4.78 is 34.7. The van der Waals surface area contributed by atoms with Crippen LogP contribution in [0, 0.1) is 13.8 Å². The normalized spacial score (nSPS) is 11.8. The first kappa shape index (κ1) is 17.4. The average Bonchev–Trinajstić information content (AvgIpc) is 3.18.